The molecule has 0 aliphatic heterocycles. The van der Waals surface area contributed by atoms with E-state index in [1.165, 1.54) is 25.7 Å². The molecule has 4 heteroatoms. The van der Waals surface area contributed by atoms with E-state index in [0.717, 1.165) is 25.8 Å². The minimum absolute atomic E-state index is 0.152. The number of hydrogen-bond acceptors (Lipinski definition) is 3. The largest absolute Gasteiger partial charge is 0.396 e. The van der Waals surface area contributed by atoms with Gasteiger partial charge in [-0.3, -0.25) is 4.79 Å². The van der Waals surface area contributed by atoms with Crippen LogP contribution in [0.25, 0.3) is 0 Å². The van der Waals surface area contributed by atoms with Gasteiger partial charge in [0.25, 0.3) is 0 Å². The van der Waals surface area contributed by atoms with E-state index in [1.54, 1.807) is 0 Å². The highest BCUT2D eigenvalue weighted by atomic mass is 16.3. The molecule has 120 valence electrons. The third kappa shape index (κ3) is 11.2. The van der Waals surface area contributed by atoms with Gasteiger partial charge in [-0.15, -0.1) is 0 Å². The molecule has 4 nitrogen and oxygen atoms in total. The molecule has 0 heterocycles. The summed E-state index contributed by atoms with van der Waals surface area (Å²) in [6, 6.07) is 0.169. The van der Waals surface area contributed by atoms with Crippen LogP contribution in [0.1, 0.15) is 71.6 Å². The SMILES string of the molecule is CCCCCCCN(CCCO)C(=O)CCCC(C)N. The van der Waals surface area contributed by atoms with Crippen molar-refractivity contribution >= 4 is 5.91 Å². The predicted octanol–water partition coefficient (Wildman–Crippen LogP) is 2.69. The highest BCUT2D eigenvalue weighted by Gasteiger charge is 2.12. The number of carbonyl (C=O) groups excluding carboxylic acids is 1. The maximum absolute atomic E-state index is 12.2. The van der Waals surface area contributed by atoms with Crippen molar-refractivity contribution in [3.05, 3.63) is 0 Å². The lowest BCUT2D eigenvalue weighted by Gasteiger charge is -2.22. The lowest BCUT2D eigenvalue weighted by atomic mass is 10.1. The standard InChI is InChI=1S/C16H34N2O2/c1-3-4-5-6-7-12-18(13-9-14-19)16(20)11-8-10-15(2)17/h15,19H,3-14,17H2,1-2H3. The minimum atomic E-state index is 0.152. The smallest absolute Gasteiger partial charge is 0.222 e. The quantitative estimate of drug-likeness (QED) is 0.512. The van der Waals surface area contributed by atoms with E-state index < -0.39 is 0 Å². The molecular weight excluding hydrogens is 252 g/mol. The van der Waals surface area contributed by atoms with E-state index in [9.17, 15) is 4.79 Å². The molecule has 1 amide bonds. The summed E-state index contributed by atoms with van der Waals surface area (Å²) in [5, 5.41) is 8.93. The molecule has 0 rings (SSSR count). The van der Waals surface area contributed by atoms with E-state index in [-0.39, 0.29) is 18.6 Å². The third-order valence-corrected chi connectivity index (χ3v) is 3.52. The molecule has 0 aliphatic carbocycles. The monoisotopic (exact) mass is 286 g/mol. The normalized spacial score (nSPS) is 12.4. The second-order valence-electron chi connectivity index (χ2n) is 5.74. The zero-order chi connectivity index (χ0) is 15.2. The number of aliphatic hydroxyl groups is 1. The molecule has 0 aromatic heterocycles. The molecule has 0 aromatic rings. The maximum atomic E-state index is 12.2. The average molecular weight is 286 g/mol. The Labute approximate surface area is 124 Å². The molecule has 0 spiro atoms. The Bertz CT molecular complexity index is 233. The zero-order valence-corrected chi connectivity index (χ0v) is 13.4. The van der Waals surface area contributed by atoms with E-state index in [2.05, 4.69) is 6.92 Å². The van der Waals surface area contributed by atoms with Gasteiger partial charge in [0, 0.05) is 32.2 Å². The van der Waals surface area contributed by atoms with Gasteiger partial charge in [-0.05, 0) is 32.6 Å². The van der Waals surface area contributed by atoms with Gasteiger partial charge in [0.1, 0.15) is 0 Å². The predicted molar refractivity (Wildman–Crippen MR) is 84.5 cm³/mol. The summed E-state index contributed by atoms with van der Waals surface area (Å²) in [6.45, 7) is 5.85. The minimum Gasteiger partial charge on any atom is -0.396 e. The Morgan fingerprint density at radius 1 is 1.10 bits per heavy atom. The van der Waals surface area contributed by atoms with Crippen LogP contribution >= 0.6 is 0 Å². The fourth-order valence-electron chi connectivity index (χ4n) is 2.26. The second-order valence-corrected chi connectivity index (χ2v) is 5.74. The van der Waals surface area contributed by atoms with E-state index in [0.29, 0.717) is 19.4 Å². The summed E-state index contributed by atoms with van der Waals surface area (Å²) in [7, 11) is 0. The molecular formula is C16H34N2O2. The molecule has 1 atom stereocenters. The van der Waals surface area contributed by atoms with Crippen molar-refractivity contribution in [1.29, 1.82) is 0 Å². The summed E-state index contributed by atoms with van der Waals surface area (Å²) in [5.74, 6) is 0.217. The number of hydrogen-bond donors (Lipinski definition) is 2. The van der Waals surface area contributed by atoms with Crippen LogP contribution < -0.4 is 5.73 Å². The number of amides is 1. The van der Waals surface area contributed by atoms with Gasteiger partial charge in [-0.2, -0.15) is 0 Å². The summed E-state index contributed by atoms with van der Waals surface area (Å²) in [5.41, 5.74) is 5.70. The van der Waals surface area contributed by atoms with Crippen LogP contribution in [0.4, 0.5) is 0 Å². The molecule has 0 aromatic carbocycles. The summed E-state index contributed by atoms with van der Waals surface area (Å²) < 4.78 is 0. The van der Waals surface area contributed by atoms with Crippen LogP contribution in [0.2, 0.25) is 0 Å². The van der Waals surface area contributed by atoms with Crippen molar-refractivity contribution in [2.45, 2.75) is 77.7 Å². The number of aliphatic hydroxyl groups excluding tert-OH is 1. The van der Waals surface area contributed by atoms with Crippen LogP contribution in [-0.4, -0.2) is 41.7 Å². The lowest BCUT2D eigenvalue weighted by molar-refractivity contribution is -0.131. The highest BCUT2D eigenvalue weighted by molar-refractivity contribution is 5.76. The number of carbonyl (C=O) groups is 1. The van der Waals surface area contributed by atoms with E-state index in [1.807, 2.05) is 11.8 Å². The first-order valence-electron chi connectivity index (χ1n) is 8.26. The zero-order valence-electron chi connectivity index (χ0n) is 13.4. The van der Waals surface area contributed by atoms with Gasteiger partial charge < -0.3 is 15.7 Å². The van der Waals surface area contributed by atoms with Crippen LogP contribution in [-0.2, 0) is 4.79 Å². The Morgan fingerprint density at radius 2 is 1.75 bits per heavy atom. The highest BCUT2D eigenvalue weighted by Crippen LogP contribution is 2.08. The Kier molecular flexibility index (Phi) is 13.0. The van der Waals surface area contributed by atoms with Crippen LogP contribution in [0, 0.1) is 0 Å². The lowest BCUT2D eigenvalue weighted by Crippen LogP contribution is -2.33. The molecule has 0 aliphatic rings. The van der Waals surface area contributed by atoms with Crippen molar-refractivity contribution in [2.24, 2.45) is 5.73 Å². The van der Waals surface area contributed by atoms with Crippen molar-refractivity contribution in [3.8, 4) is 0 Å². The van der Waals surface area contributed by atoms with Gasteiger partial charge in [-0.1, -0.05) is 32.6 Å². The van der Waals surface area contributed by atoms with Gasteiger partial charge in [0.2, 0.25) is 5.91 Å². The van der Waals surface area contributed by atoms with E-state index in [4.69, 9.17) is 10.8 Å². The molecule has 0 saturated carbocycles. The second kappa shape index (κ2) is 13.4. The van der Waals surface area contributed by atoms with Gasteiger partial charge in [-0.25, -0.2) is 0 Å². The van der Waals surface area contributed by atoms with Crippen molar-refractivity contribution in [1.82, 2.24) is 4.90 Å². The van der Waals surface area contributed by atoms with Crippen molar-refractivity contribution in [2.75, 3.05) is 19.7 Å². The fraction of sp³-hybridized carbons (Fsp3) is 0.938. The van der Waals surface area contributed by atoms with E-state index >= 15 is 0 Å². The van der Waals surface area contributed by atoms with Gasteiger partial charge in [0.15, 0.2) is 0 Å². The van der Waals surface area contributed by atoms with Crippen molar-refractivity contribution in [3.63, 3.8) is 0 Å². The molecule has 0 fully saturated rings. The first kappa shape index (κ1) is 19.4. The average Bonchev–Trinajstić information content (AvgIpc) is 2.41. The van der Waals surface area contributed by atoms with Crippen LogP contribution in [0.3, 0.4) is 0 Å². The van der Waals surface area contributed by atoms with Crippen LogP contribution in [0.5, 0.6) is 0 Å². The van der Waals surface area contributed by atoms with Crippen molar-refractivity contribution < 1.29 is 9.90 Å². The Hall–Kier alpha value is -0.610. The first-order valence-corrected chi connectivity index (χ1v) is 8.26. The van der Waals surface area contributed by atoms with Gasteiger partial charge >= 0.3 is 0 Å². The maximum Gasteiger partial charge on any atom is 0.222 e. The summed E-state index contributed by atoms with van der Waals surface area (Å²) in [6.07, 6.45) is 9.06. The number of nitrogens with two attached hydrogens (primary N) is 1. The molecule has 0 radical (unpaired) electrons. The first-order chi connectivity index (χ1) is 9.61. The molecule has 0 bridgehead atoms. The molecule has 0 saturated heterocycles. The third-order valence-electron chi connectivity index (χ3n) is 3.52. The number of unbranched alkanes of at least 4 members (excludes halogenated alkanes) is 4. The Balaban J connectivity index is 3.94. The summed E-state index contributed by atoms with van der Waals surface area (Å²) >= 11 is 0. The number of nitrogens with zero attached hydrogens (tertiary/aromatic N) is 1. The van der Waals surface area contributed by atoms with Gasteiger partial charge in [0.05, 0.1) is 0 Å². The topological polar surface area (TPSA) is 66.6 Å². The van der Waals surface area contributed by atoms with Crippen LogP contribution in [0.15, 0.2) is 0 Å². The fourth-order valence-corrected chi connectivity index (χ4v) is 2.26. The summed E-state index contributed by atoms with van der Waals surface area (Å²) in [4.78, 5) is 14.1. The molecule has 1 unspecified atom stereocenters. The number of rotatable bonds is 13. The molecule has 20 heavy (non-hydrogen) atoms. The molecule has 3 N–H and O–H groups in total. The Morgan fingerprint density at radius 3 is 2.35 bits per heavy atom.